The second-order valence-electron chi connectivity index (χ2n) is 5.57. The molecule has 0 bridgehead atoms. The number of H-pyrrole nitrogens is 1. The van der Waals surface area contributed by atoms with E-state index in [1.54, 1.807) is 6.92 Å². The molecule has 1 aliphatic rings. The Labute approximate surface area is 159 Å². The molecular formula is C19H26FNY-2. The van der Waals surface area contributed by atoms with Gasteiger partial charge in [0.05, 0.1) is 0 Å². The Kier molecular flexibility index (Phi) is 8.86. The van der Waals surface area contributed by atoms with Crippen molar-refractivity contribution >= 4 is 10.9 Å². The summed E-state index contributed by atoms with van der Waals surface area (Å²) in [4.78, 5) is 3.48. The van der Waals surface area contributed by atoms with Crippen molar-refractivity contribution < 1.29 is 37.1 Å². The van der Waals surface area contributed by atoms with Crippen LogP contribution in [0.1, 0.15) is 56.2 Å². The first-order valence-electron chi connectivity index (χ1n) is 8.04. The Morgan fingerprint density at radius 3 is 2.55 bits per heavy atom. The van der Waals surface area contributed by atoms with Crippen LogP contribution in [0.5, 0.6) is 0 Å². The third-order valence-corrected chi connectivity index (χ3v) is 4.31. The monoisotopic (exact) mass is 376 g/mol. The van der Waals surface area contributed by atoms with E-state index in [0.29, 0.717) is 6.42 Å². The van der Waals surface area contributed by atoms with Gasteiger partial charge in [-0.1, -0.05) is 31.0 Å². The number of hydrogen-bond donors (Lipinski definition) is 1. The van der Waals surface area contributed by atoms with Crippen molar-refractivity contribution in [1.82, 2.24) is 4.98 Å². The zero-order valence-corrected chi connectivity index (χ0v) is 16.4. The topological polar surface area (TPSA) is 15.8 Å². The van der Waals surface area contributed by atoms with Crippen molar-refractivity contribution in [2.45, 2.75) is 57.5 Å². The minimum absolute atomic E-state index is 0. The van der Waals surface area contributed by atoms with Crippen LogP contribution < -0.4 is 0 Å². The van der Waals surface area contributed by atoms with E-state index in [2.05, 4.69) is 31.0 Å². The van der Waals surface area contributed by atoms with Crippen molar-refractivity contribution in [1.29, 1.82) is 0 Å². The Bertz CT molecular complexity index is 564. The number of para-hydroxylation sites is 1. The van der Waals surface area contributed by atoms with E-state index >= 15 is 0 Å². The van der Waals surface area contributed by atoms with Gasteiger partial charge < -0.3 is 18.8 Å². The molecule has 0 saturated heterocycles. The summed E-state index contributed by atoms with van der Waals surface area (Å²) in [5, 5.41) is 1.21. The van der Waals surface area contributed by atoms with Crippen molar-refractivity contribution in [3.05, 3.63) is 49.4 Å². The van der Waals surface area contributed by atoms with Crippen LogP contribution in [0.3, 0.4) is 0 Å². The summed E-state index contributed by atoms with van der Waals surface area (Å²) in [5.41, 5.74) is 3.57. The van der Waals surface area contributed by atoms with E-state index < -0.39 is 6.17 Å². The van der Waals surface area contributed by atoms with E-state index in [9.17, 15) is 4.39 Å². The third kappa shape index (κ3) is 4.20. The molecule has 1 nitrogen and oxygen atoms in total. The first-order valence-corrected chi connectivity index (χ1v) is 8.04. The van der Waals surface area contributed by atoms with Crippen molar-refractivity contribution in [2.75, 3.05) is 0 Å². The van der Waals surface area contributed by atoms with Crippen molar-refractivity contribution in [2.24, 2.45) is 0 Å². The summed E-state index contributed by atoms with van der Waals surface area (Å²) in [6, 6.07) is 8.28. The van der Waals surface area contributed by atoms with Crippen LogP contribution in [-0.2, 0) is 39.1 Å². The number of nitrogens with one attached hydrogen (secondary N) is 1. The van der Waals surface area contributed by atoms with Crippen molar-refractivity contribution in [3.63, 3.8) is 0 Å². The number of rotatable bonds is 3. The molecule has 1 saturated carbocycles. The van der Waals surface area contributed by atoms with Crippen LogP contribution in [0.15, 0.2) is 24.3 Å². The predicted octanol–water partition coefficient (Wildman–Crippen LogP) is 5.77. The van der Waals surface area contributed by atoms with Gasteiger partial charge in [-0.15, -0.1) is 0 Å². The van der Waals surface area contributed by atoms with Crippen LogP contribution >= 0.6 is 0 Å². The second kappa shape index (κ2) is 9.83. The van der Waals surface area contributed by atoms with Gasteiger partial charge in [-0.25, -0.2) is 4.39 Å². The number of benzene rings is 1. The van der Waals surface area contributed by atoms with Crippen LogP contribution in [0.4, 0.5) is 4.39 Å². The van der Waals surface area contributed by atoms with Crippen LogP contribution in [-0.4, -0.2) is 11.2 Å². The number of hydrogen-bond acceptors (Lipinski definition) is 0. The standard InChI is InChI=1S/C17H21FN.C2H5.Y/c1-2-7-16-17(12-8-3-5-10-14(12)18)13-9-4-6-11-15(13)19-16;1-2;/h4,6,9,11-12,14,19H,1-3,5,7-8,10H2;1H2,2H3;/q2*-1;. The molecule has 1 aromatic carbocycles. The van der Waals surface area contributed by atoms with Gasteiger partial charge in [0, 0.05) is 55.2 Å². The molecular weight excluding hydrogens is 350 g/mol. The van der Waals surface area contributed by atoms with Gasteiger partial charge in [0.2, 0.25) is 0 Å². The summed E-state index contributed by atoms with van der Waals surface area (Å²) < 4.78 is 14.3. The molecule has 0 amide bonds. The maximum atomic E-state index is 14.3. The second-order valence-corrected chi connectivity index (χ2v) is 5.57. The third-order valence-electron chi connectivity index (χ3n) is 4.31. The zero-order valence-electron chi connectivity index (χ0n) is 13.6. The smallest absolute Gasteiger partial charge is 0.107 e. The van der Waals surface area contributed by atoms with Gasteiger partial charge >= 0.3 is 0 Å². The number of fused-ring (bicyclic) bond motifs is 1. The predicted molar refractivity (Wildman–Crippen MR) is 89.1 cm³/mol. The molecule has 0 spiro atoms. The fourth-order valence-electron chi connectivity index (χ4n) is 3.43. The van der Waals surface area contributed by atoms with E-state index in [0.717, 1.165) is 37.6 Å². The van der Waals surface area contributed by atoms with Gasteiger partial charge in [0.1, 0.15) is 6.17 Å². The summed E-state index contributed by atoms with van der Waals surface area (Å²) >= 11 is 0. The summed E-state index contributed by atoms with van der Waals surface area (Å²) in [7, 11) is 0. The summed E-state index contributed by atoms with van der Waals surface area (Å²) in [6.07, 6.45) is 4.95. The largest absolute Gasteiger partial charge is 0.358 e. The molecule has 3 heteroatoms. The van der Waals surface area contributed by atoms with Gasteiger partial charge in [-0.2, -0.15) is 13.3 Å². The maximum absolute atomic E-state index is 14.3. The number of halogens is 1. The van der Waals surface area contributed by atoms with Crippen LogP contribution in [0, 0.1) is 13.8 Å². The first-order chi connectivity index (χ1) is 10.3. The molecule has 22 heavy (non-hydrogen) atoms. The Hall–Kier alpha value is -0.206. The van der Waals surface area contributed by atoms with Gasteiger partial charge in [-0.3, -0.25) is 0 Å². The first kappa shape index (κ1) is 19.8. The number of alkyl halides is 1. The molecule has 1 N–H and O–H groups in total. The summed E-state index contributed by atoms with van der Waals surface area (Å²) in [6.45, 7) is 8.94. The van der Waals surface area contributed by atoms with Crippen molar-refractivity contribution in [3.8, 4) is 0 Å². The zero-order chi connectivity index (χ0) is 15.2. The van der Waals surface area contributed by atoms with E-state index in [4.69, 9.17) is 0 Å². The van der Waals surface area contributed by atoms with E-state index in [-0.39, 0.29) is 38.6 Å². The maximum Gasteiger partial charge on any atom is 0.107 e. The molecule has 0 aliphatic heterocycles. The molecule has 1 aromatic heterocycles. The SMILES string of the molecule is [CH2-]C.[CH2-]CCc1[nH]c2ccccc2c1C1CCCCC1F.[Y]. The molecule has 2 atom stereocenters. The number of aryl methyl sites for hydroxylation is 1. The molecule has 3 rings (SSSR count). The number of aromatic amines is 1. The number of aromatic nitrogens is 1. The molecule has 2 unspecified atom stereocenters. The van der Waals surface area contributed by atoms with Gasteiger partial charge in [0.25, 0.3) is 0 Å². The average molecular weight is 376 g/mol. The van der Waals surface area contributed by atoms with Gasteiger partial charge in [-0.05, 0) is 30.9 Å². The minimum atomic E-state index is -0.684. The van der Waals surface area contributed by atoms with Crippen LogP contribution in [0.2, 0.25) is 0 Å². The van der Waals surface area contributed by atoms with Gasteiger partial charge in [0.15, 0.2) is 0 Å². The molecule has 1 aliphatic carbocycles. The van der Waals surface area contributed by atoms with E-state index in [1.165, 1.54) is 16.6 Å². The molecule has 1 radical (unpaired) electrons. The fourth-order valence-corrected chi connectivity index (χ4v) is 3.43. The summed E-state index contributed by atoms with van der Waals surface area (Å²) in [5.74, 6) is 0.0754. The molecule has 1 heterocycles. The van der Waals surface area contributed by atoms with Crippen LogP contribution in [0.25, 0.3) is 10.9 Å². The minimum Gasteiger partial charge on any atom is -0.358 e. The average Bonchev–Trinajstić information content (AvgIpc) is 2.88. The molecule has 1 fully saturated rings. The quantitative estimate of drug-likeness (QED) is 0.655. The fraction of sp³-hybridized carbons (Fsp3) is 0.474. The van der Waals surface area contributed by atoms with E-state index in [1.807, 2.05) is 12.1 Å². The Balaban J connectivity index is 0.000000775. The Morgan fingerprint density at radius 2 is 1.86 bits per heavy atom. The molecule has 119 valence electrons. The Morgan fingerprint density at radius 1 is 1.18 bits per heavy atom. The molecule has 2 aromatic rings. The normalized spacial score (nSPS) is 20.9.